The van der Waals surface area contributed by atoms with Gasteiger partial charge in [0.1, 0.15) is 5.69 Å². The third-order valence-electron chi connectivity index (χ3n) is 4.91. The number of primary amides is 1. The van der Waals surface area contributed by atoms with E-state index in [0.717, 1.165) is 24.2 Å². The molecule has 0 saturated carbocycles. The Hall–Kier alpha value is -3.13. The second-order valence-corrected chi connectivity index (χ2v) is 7.17. The van der Waals surface area contributed by atoms with Crippen LogP contribution < -0.4 is 5.73 Å². The first-order valence-corrected chi connectivity index (χ1v) is 9.35. The van der Waals surface area contributed by atoms with E-state index in [2.05, 4.69) is 15.3 Å². The van der Waals surface area contributed by atoms with Crippen molar-refractivity contribution in [1.29, 1.82) is 0 Å². The maximum absolute atomic E-state index is 12.9. The zero-order chi connectivity index (χ0) is 19.7. The fraction of sp³-hybridized carbons (Fsp3) is 0.263. The summed E-state index contributed by atoms with van der Waals surface area (Å²) < 4.78 is 1.60. The topological polar surface area (TPSA) is 110 Å². The number of piperidine rings is 1. The smallest absolute Gasteiger partial charge is 0.274 e. The molecule has 1 saturated heterocycles. The molecule has 28 heavy (non-hydrogen) atoms. The Morgan fingerprint density at radius 2 is 2.04 bits per heavy atom. The summed E-state index contributed by atoms with van der Waals surface area (Å²) in [5.41, 5.74) is 7.36. The second-order valence-electron chi connectivity index (χ2n) is 6.76. The molecule has 3 heterocycles. The van der Waals surface area contributed by atoms with Crippen LogP contribution in [0.1, 0.15) is 45.4 Å². The number of carbonyl (C=O) groups is 2. The zero-order valence-corrected chi connectivity index (χ0v) is 15.8. The van der Waals surface area contributed by atoms with Gasteiger partial charge in [0.2, 0.25) is 0 Å². The summed E-state index contributed by atoms with van der Waals surface area (Å²) in [6.45, 7) is 1.18. The first-order valence-electron chi connectivity index (χ1n) is 8.98. The van der Waals surface area contributed by atoms with Crippen molar-refractivity contribution in [1.82, 2.24) is 24.9 Å². The summed E-state index contributed by atoms with van der Waals surface area (Å²) in [6.07, 6.45) is 3.48. The maximum atomic E-state index is 12.9. The highest BCUT2D eigenvalue weighted by molar-refractivity contribution is 6.32. The molecule has 1 aromatic carbocycles. The van der Waals surface area contributed by atoms with Crippen molar-refractivity contribution in [2.24, 2.45) is 5.73 Å². The Bertz CT molecular complexity index is 1030. The van der Waals surface area contributed by atoms with Crippen LogP contribution in [0.25, 0.3) is 5.69 Å². The molecule has 9 heteroatoms. The van der Waals surface area contributed by atoms with Gasteiger partial charge in [-0.15, -0.1) is 0 Å². The average molecular weight is 399 g/mol. The van der Waals surface area contributed by atoms with Crippen LogP contribution in [0, 0.1) is 0 Å². The minimum Gasteiger partial charge on any atom is -0.364 e. The molecule has 3 N–H and O–H groups in total. The second kappa shape index (κ2) is 7.47. The van der Waals surface area contributed by atoms with Gasteiger partial charge in [-0.2, -0.15) is 10.2 Å². The molecule has 1 fully saturated rings. The number of carbonyl (C=O) groups excluding carboxylic acids is 2. The lowest BCUT2D eigenvalue weighted by atomic mass is 9.94. The van der Waals surface area contributed by atoms with Crippen LogP contribution in [-0.2, 0) is 0 Å². The summed E-state index contributed by atoms with van der Waals surface area (Å²) >= 11 is 6.21. The van der Waals surface area contributed by atoms with E-state index in [9.17, 15) is 9.59 Å². The van der Waals surface area contributed by atoms with E-state index in [1.165, 1.54) is 0 Å². The minimum atomic E-state index is -0.573. The number of para-hydroxylation sites is 1. The highest BCUT2D eigenvalue weighted by atomic mass is 35.5. The number of hydrogen-bond donors (Lipinski definition) is 2. The molecule has 8 nitrogen and oxygen atoms in total. The number of nitrogens with one attached hydrogen (secondary N) is 1. The summed E-state index contributed by atoms with van der Waals surface area (Å²) in [5.74, 6) is -0.634. The molecule has 1 aliphatic heterocycles. The number of aromatic amines is 1. The van der Waals surface area contributed by atoms with E-state index < -0.39 is 5.91 Å². The van der Waals surface area contributed by atoms with E-state index in [0.29, 0.717) is 23.8 Å². The lowest BCUT2D eigenvalue weighted by molar-refractivity contribution is 0.0699. The minimum absolute atomic E-state index is 0.0731. The third kappa shape index (κ3) is 3.50. The van der Waals surface area contributed by atoms with Crippen LogP contribution in [-0.4, -0.2) is 49.8 Å². The molecule has 3 aromatic rings. The van der Waals surface area contributed by atoms with Crippen molar-refractivity contribution >= 4 is 23.4 Å². The molecule has 0 unspecified atom stereocenters. The molecule has 1 atom stereocenters. The lowest BCUT2D eigenvalue weighted by Crippen LogP contribution is -2.39. The van der Waals surface area contributed by atoms with Crippen LogP contribution >= 0.6 is 11.6 Å². The van der Waals surface area contributed by atoms with Crippen molar-refractivity contribution in [3.05, 3.63) is 64.7 Å². The number of rotatable bonds is 4. The SMILES string of the molecule is NC(=O)c1cc([C@@H]2CCCN(C(=O)c3ccn(-c4ccccc4Cl)n3)C2)[nH]n1. The predicted molar refractivity (Wildman–Crippen MR) is 104 cm³/mol. The molecular formula is C19H19ClN6O2. The number of halogens is 1. The van der Waals surface area contributed by atoms with Crippen molar-refractivity contribution in [2.75, 3.05) is 13.1 Å². The van der Waals surface area contributed by atoms with Gasteiger partial charge in [0.15, 0.2) is 5.69 Å². The van der Waals surface area contributed by atoms with Crippen molar-refractivity contribution in [3.63, 3.8) is 0 Å². The summed E-state index contributed by atoms with van der Waals surface area (Å²) in [7, 11) is 0. The number of benzene rings is 1. The first kappa shape index (κ1) is 18.2. The number of aromatic nitrogens is 4. The normalized spacial score (nSPS) is 16.9. The molecule has 2 aromatic heterocycles. The molecule has 4 rings (SSSR count). The standard InChI is InChI=1S/C19H19ClN6O2/c20-13-5-1-2-6-17(13)26-9-7-14(24-26)19(28)25-8-3-4-12(11-25)15-10-16(18(21)27)23-22-15/h1-2,5-7,9-10,12H,3-4,8,11H2,(H2,21,27)(H,22,23)/t12-/m1/s1. The van der Waals surface area contributed by atoms with E-state index >= 15 is 0 Å². The maximum Gasteiger partial charge on any atom is 0.274 e. The highest BCUT2D eigenvalue weighted by Crippen LogP contribution is 2.27. The third-order valence-corrected chi connectivity index (χ3v) is 5.23. The van der Waals surface area contributed by atoms with Gasteiger partial charge in [-0.05, 0) is 37.1 Å². The molecule has 0 radical (unpaired) electrons. The van der Waals surface area contributed by atoms with Crippen LogP contribution in [0.4, 0.5) is 0 Å². The van der Waals surface area contributed by atoms with Gasteiger partial charge in [-0.1, -0.05) is 23.7 Å². The average Bonchev–Trinajstić information content (AvgIpc) is 3.38. The van der Waals surface area contributed by atoms with E-state index in [4.69, 9.17) is 17.3 Å². The summed E-state index contributed by atoms with van der Waals surface area (Å²) in [6, 6.07) is 10.7. The number of likely N-dealkylation sites (tertiary alicyclic amines) is 1. The monoisotopic (exact) mass is 398 g/mol. The zero-order valence-electron chi connectivity index (χ0n) is 15.0. The fourth-order valence-corrected chi connectivity index (χ4v) is 3.68. The molecular weight excluding hydrogens is 380 g/mol. The Balaban J connectivity index is 1.50. The predicted octanol–water partition coefficient (Wildman–Crippen LogP) is 2.37. The Kier molecular flexibility index (Phi) is 4.87. The van der Waals surface area contributed by atoms with Gasteiger partial charge in [-0.3, -0.25) is 14.7 Å². The fourth-order valence-electron chi connectivity index (χ4n) is 3.46. The van der Waals surface area contributed by atoms with Gasteiger partial charge in [-0.25, -0.2) is 4.68 Å². The molecule has 1 aliphatic rings. The number of amides is 2. The van der Waals surface area contributed by atoms with Crippen LogP contribution in [0.5, 0.6) is 0 Å². The van der Waals surface area contributed by atoms with Crippen LogP contribution in [0.2, 0.25) is 5.02 Å². The molecule has 0 spiro atoms. The van der Waals surface area contributed by atoms with Gasteiger partial charge in [0, 0.05) is 30.9 Å². The van der Waals surface area contributed by atoms with Crippen LogP contribution in [0.3, 0.4) is 0 Å². The number of H-pyrrole nitrogens is 1. The molecule has 0 bridgehead atoms. The Morgan fingerprint density at radius 1 is 1.21 bits per heavy atom. The summed E-state index contributed by atoms with van der Waals surface area (Å²) in [4.78, 5) is 26.0. The van der Waals surface area contributed by atoms with Crippen molar-refractivity contribution in [3.8, 4) is 5.69 Å². The molecule has 144 valence electrons. The Morgan fingerprint density at radius 3 is 2.79 bits per heavy atom. The highest BCUT2D eigenvalue weighted by Gasteiger charge is 2.28. The molecule has 0 aliphatic carbocycles. The van der Waals surface area contributed by atoms with Gasteiger partial charge in [0.25, 0.3) is 11.8 Å². The first-order chi connectivity index (χ1) is 13.5. The number of nitrogens with zero attached hydrogens (tertiary/aromatic N) is 4. The van der Waals surface area contributed by atoms with Gasteiger partial charge in [0.05, 0.1) is 10.7 Å². The largest absolute Gasteiger partial charge is 0.364 e. The molecule has 2 amide bonds. The van der Waals surface area contributed by atoms with Crippen molar-refractivity contribution < 1.29 is 9.59 Å². The van der Waals surface area contributed by atoms with Gasteiger partial charge >= 0.3 is 0 Å². The summed E-state index contributed by atoms with van der Waals surface area (Å²) in [5, 5.41) is 11.8. The lowest BCUT2D eigenvalue weighted by Gasteiger charge is -2.31. The number of nitrogens with two attached hydrogens (primary N) is 1. The van der Waals surface area contributed by atoms with Gasteiger partial charge < -0.3 is 10.6 Å². The van der Waals surface area contributed by atoms with E-state index in [1.54, 1.807) is 34.0 Å². The van der Waals surface area contributed by atoms with Crippen molar-refractivity contribution in [2.45, 2.75) is 18.8 Å². The number of hydrogen-bond acceptors (Lipinski definition) is 4. The van der Waals surface area contributed by atoms with Crippen LogP contribution in [0.15, 0.2) is 42.6 Å². The van der Waals surface area contributed by atoms with E-state index in [-0.39, 0.29) is 17.5 Å². The van der Waals surface area contributed by atoms with E-state index in [1.807, 2.05) is 18.2 Å². The Labute approximate surface area is 166 Å². The quantitative estimate of drug-likeness (QED) is 0.702.